The Bertz CT molecular complexity index is 432. The van der Waals surface area contributed by atoms with Gasteiger partial charge in [0, 0.05) is 4.47 Å². The van der Waals surface area contributed by atoms with Gasteiger partial charge in [-0.3, -0.25) is 9.69 Å². The average molecular weight is 299 g/mol. The van der Waals surface area contributed by atoms with Crippen LogP contribution >= 0.6 is 28.1 Å². The van der Waals surface area contributed by atoms with E-state index in [2.05, 4.69) is 21.2 Å². The highest BCUT2D eigenvalue weighted by molar-refractivity contribution is 9.10. The van der Waals surface area contributed by atoms with Gasteiger partial charge in [0.25, 0.3) is 5.91 Å². The zero-order chi connectivity index (χ0) is 11.7. The number of hydrogen-bond acceptors (Lipinski definition) is 2. The summed E-state index contributed by atoms with van der Waals surface area (Å²) in [7, 11) is 0. The first-order chi connectivity index (χ1) is 7.58. The Morgan fingerprint density at radius 1 is 1.44 bits per heavy atom. The van der Waals surface area contributed by atoms with Crippen molar-refractivity contribution in [2.75, 3.05) is 0 Å². The van der Waals surface area contributed by atoms with Crippen LogP contribution in [0.1, 0.15) is 12.5 Å². The van der Waals surface area contributed by atoms with Crippen molar-refractivity contribution in [1.29, 1.82) is 0 Å². The Kier molecular flexibility index (Phi) is 3.25. The zero-order valence-electron chi connectivity index (χ0n) is 8.74. The fourth-order valence-corrected chi connectivity index (χ4v) is 2.18. The first-order valence-electron chi connectivity index (χ1n) is 4.94. The van der Waals surface area contributed by atoms with E-state index in [0.717, 1.165) is 10.0 Å². The maximum atomic E-state index is 11.8. The standard InChI is InChI=1S/C11H11BrN2OS/c1-7-10(15)14(11(16)13-7)6-8-2-4-9(12)5-3-8/h2-5,7H,6H2,1H3,(H,13,16). The van der Waals surface area contributed by atoms with Gasteiger partial charge in [0.15, 0.2) is 5.11 Å². The van der Waals surface area contributed by atoms with E-state index in [1.54, 1.807) is 4.90 Å². The summed E-state index contributed by atoms with van der Waals surface area (Å²) in [6.45, 7) is 2.35. The van der Waals surface area contributed by atoms with Crippen molar-refractivity contribution in [3.8, 4) is 0 Å². The van der Waals surface area contributed by atoms with Gasteiger partial charge in [0.2, 0.25) is 0 Å². The molecular weight excluding hydrogens is 288 g/mol. The Labute approximate surface area is 108 Å². The third-order valence-electron chi connectivity index (χ3n) is 2.48. The number of benzene rings is 1. The second-order valence-corrected chi connectivity index (χ2v) is 5.02. The number of hydrogen-bond donors (Lipinski definition) is 1. The lowest BCUT2D eigenvalue weighted by molar-refractivity contribution is -0.127. The predicted octanol–water partition coefficient (Wildman–Crippen LogP) is 2.05. The third kappa shape index (κ3) is 2.25. The summed E-state index contributed by atoms with van der Waals surface area (Å²) in [6.07, 6.45) is 0. The number of thiocarbonyl (C=S) groups is 1. The van der Waals surface area contributed by atoms with Crippen molar-refractivity contribution in [2.45, 2.75) is 19.5 Å². The van der Waals surface area contributed by atoms with Crippen LogP contribution in [-0.4, -0.2) is 22.0 Å². The second kappa shape index (κ2) is 4.51. The minimum Gasteiger partial charge on any atom is -0.351 e. The molecule has 1 unspecified atom stereocenters. The third-order valence-corrected chi connectivity index (χ3v) is 3.34. The van der Waals surface area contributed by atoms with E-state index in [1.165, 1.54) is 0 Å². The van der Waals surface area contributed by atoms with Gasteiger partial charge in [-0.1, -0.05) is 28.1 Å². The molecule has 2 rings (SSSR count). The van der Waals surface area contributed by atoms with Crippen LogP contribution in [0.4, 0.5) is 0 Å². The van der Waals surface area contributed by atoms with E-state index in [9.17, 15) is 4.79 Å². The van der Waals surface area contributed by atoms with E-state index < -0.39 is 0 Å². The molecule has 3 nitrogen and oxygen atoms in total. The SMILES string of the molecule is CC1NC(=S)N(Cc2ccc(Br)cc2)C1=O. The fourth-order valence-electron chi connectivity index (χ4n) is 1.58. The molecule has 1 heterocycles. The number of nitrogens with zero attached hydrogens (tertiary/aromatic N) is 1. The fraction of sp³-hybridized carbons (Fsp3) is 0.273. The Hall–Kier alpha value is -0.940. The lowest BCUT2D eigenvalue weighted by atomic mass is 10.2. The van der Waals surface area contributed by atoms with Gasteiger partial charge in [-0.2, -0.15) is 0 Å². The van der Waals surface area contributed by atoms with Gasteiger partial charge >= 0.3 is 0 Å². The molecular formula is C11H11BrN2OS. The molecule has 0 spiro atoms. The second-order valence-electron chi connectivity index (χ2n) is 3.72. The maximum absolute atomic E-state index is 11.8. The largest absolute Gasteiger partial charge is 0.351 e. The lowest BCUT2D eigenvalue weighted by Crippen LogP contribution is -2.30. The molecule has 5 heteroatoms. The van der Waals surface area contributed by atoms with E-state index in [0.29, 0.717) is 11.7 Å². The Morgan fingerprint density at radius 3 is 2.56 bits per heavy atom. The molecule has 1 N–H and O–H groups in total. The number of halogens is 1. The topological polar surface area (TPSA) is 32.3 Å². The number of carbonyl (C=O) groups excluding carboxylic acids is 1. The van der Waals surface area contributed by atoms with Gasteiger partial charge in [-0.25, -0.2) is 0 Å². The van der Waals surface area contributed by atoms with Gasteiger partial charge in [0.05, 0.1) is 6.54 Å². The maximum Gasteiger partial charge on any atom is 0.251 e. The van der Waals surface area contributed by atoms with Crippen LogP contribution in [0, 0.1) is 0 Å². The lowest BCUT2D eigenvalue weighted by Gasteiger charge is -2.14. The van der Waals surface area contributed by atoms with Crippen molar-refractivity contribution in [2.24, 2.45) is 0 Å². The van der Waals surface area contributed by atoms with Crippen LogP contribution < -0.4 is 5.32 Å². The quantitative estimate of drug-likeness (QED) is 0.848. The molecule has 0 radical (unpaired) electrons. The van der Waals surface area contributed by atoms with Gasteiger partial charge in [0.1, 0.15) is 6.04 Å². The Morgan fingerprint density at radius 2 is 2.06 bits per heavy atom. The van der Waals surface area contributed by atoms with Crippen LogP contribution in [0.15, 0.2) is 28.7 Å². The van der Waals surface area contributed by atoms with Crippen LogP contribution in [-0.2, 0) is 11.3 Å². The van der Waals surface area contributed by atoms with Crippen molar-refractivity contribution >= 4 is 39.2 Å². The molecule has 1 aliphatic heterocycles. The summed E-state index contributed by atoms with van der Waals surface area (Å²) < 4.78 is 1.03. The molecule has 1 amide bonds. The molecule has 0 aliphatic carbocycles. The number of nitrogens with one attached hydrogen (secondary N) is 1. The summed E-state index contributed by atoms with van der Waals surface area (Å²) in [5, 5.41) is 3.46. The monoisotopic (exact) mass is 298 g/mol. The summed E-state index contributed by atoms with van der Waals surface area (Å²) in [6, 6.07) is 7.65. The smallest absolute Gasteiger partial charge is 0.251 e. The van der Waals surface area contributed by atoms with Crippen LogP contribution in [0.2, 0.25) is 0 Å². The van der Waals surface area contributed by atoms with E-state index in [1.807, 2.05) is 31.2 Å². The number of carbonyl (C=O) groups is 1. The van der Waals surface area contributed by atoms with Crippen molar-refractivity contribution in [3.63, 3.8) is 0 Å². The van der Waals surface area contributed by atoms with E-state index in [4.69, 9.17) is 12.2 Å². The Balaban J connectivity index is 2.13. The molecule has 1 atom stereocenters. The van der Waals surface area contributed by atoms with Crippen molar-refractivity contribution in [1.82, 2.24) is 10.2 Å². The van der Waals surface area contributed by atoms with Crippen molar-refractivity contribution in [3.05, 3.63) is 34.3 Å². The molecule has 0 aromatic heterocycles. The minimum atomic E-state index is -0.206. The first kappa shape index (κ1) is 11.5. The van der Waals surface area contributed by atoms with Gasteiger partial charge < -0.3 is 5.32 Å². The van der Waals surface area contributed by atoms with Crippen LogP contribution in [0.25, 0.3) is 0 Å². The molecule has 1 fully saturated rings. The van der Waals surface area contributed by atoms with Crippen LogP contribution in [0.5, 0.6) is 0 Å². The van der Waals surface area contributed by atoms with Crippen LogP contribution in [0.3, 0.4) is 0 Å². The molecule has 1 aromatic carbocycles. The summed E-state index contributed by atoms with van der Waals surface area (Å²) in [5.74, 6) is 0.0351. The van der Waals surface area contributed by atoms with Gasteiger partial charge in [-0.05, 0) is 36.8 Å². The summed E-state index contributed by atoms with van der Waals surface area (Å²) in [5.41, 5.74) is 1.06. The molecule has 0 saturated carbocycles. The van der Waals surface area contributed by atoms with E-state index >= 15 is 0 Å². The number of amides is 1. The molecule has 1 aromatic rings. The highest BCUT2D eigenvalue weighted by Crippen LogP contribution is 2.15. The van der Waals surface area contributed by atoms with E-state index in [-0.39, 0.29) is 11.9 Å². The average Bonchev–Trinajstić information content (AvgIpc) is 2.48. The van der Waals surface area contributed by atoms with Gasteiger partial charge in [-0.15, -0.1) is 0 Å². The zero-order valence-corrected chi connectivity index (χ0v) is 11.1. The molecule has 84 valence electrons. The van der Waals surface area contributed by atoms with Crippen molar-refractivity contribution < 1.29 is 4.79 Å². The first-order valence-corrected chi connectivity index (χ1v) is 6.14. The number of rotatable bonds is 2. The minimum absolute atomic E-state index is 0.0351. The highest BCUT2D eigenvalue weighted by atomic mass is 79.9. The molecule has 1 aliphatic rings. The highest BCUT2D eigenvalue weighted by Gasteiger charge is 2.31. The normalized spacial score (nSPS) is 20.1. The summed E-state index contributed by atoms with van der Waals surface area (Å²) >= 11 is 8.48. The molecule has 0 bridgehead atoms. The molecule has 1 saturated heterocycles. The predicted molar refractivity (Wildman–Crippen MR) is 69.9 cm³/mol. The molecule has 16 heavy (non-hydrogen) atoms. The summed E-state index contributed by atoms with van der Waals surface area (Å²) in [4.78, 5) is 13.4.